The van der Waals surface area contributed by atoms with Crippen LogP contribution in [-0.4, -0.2) is 27.1 Å². The molecular weight excluding hydrogens is 328 g/mol. The Morgan fingerprint density at radius 1 is 1.20 bits per heavy atom. The van der Waals surface area contributed by atoms with Crippen molar-refractivity contribution in [3.05, 3.63) is 52.3 Å². The van der Waals surface area contributed by atoms with E-state index in [0.29, 0.717) is 4.47 Å². The molecule has 0 bridgehead atoms. The summed E-state index contributed by atoms with van der Waals surface area (Å²) >= 11 is 3.21. The van der Waals surface area contributed by atoms with Gasteiger partial charge in [-0.05, 0) is 24.3 Å². The average molecular weight is 337 g/mol. The molecule has 3 N–H and O–H groups in total. The number of carbonyl (C=O) groups is 2. The molecule has 2 aromatic rings. The number of benzene rings is 1. The van der Waals surface area contributed by atoms with Crippen molar-refractivity contribution in [3.63, 3.8) is 0 Å². The van der Waals surface area contributed by atoms with Crippen molar-refractivity contribution < 1.29 is 19.8 Å². The lowest BCUT2D eigenvalue weighted by atomic mass is 10.1. The van der Waals surface area contributed by atoms with Crippen LogP contribution in [-0.2, 0) is 0 Å². The van der Waals surface area contributed by atoms with E-state index in [4.69, 9.17) is 5.11 Å². The number of anilines is 1. The number of aromatic hydroxyl groups is 1. The molecular formula is C13H9BrN2O4. The lowest BCUT2D eigenvalue weighted by Gasteiger charge is -2.09. The maximum absolute atomic E-state index is 12.0. The Bertz CT molecular complexity index is 688. The van der Waals surface area contributed by atoms with Crippen molar-refractivity contribution in [1.29, 1.82) is 0 Å². The molecule has 1 aromatic carbocycles. The average Bonchev–Trinajstić information content (AvgIpc) is 2.38. The predicted molar refractivity (Wildman–Crippen MR) is 75.0 cm³/mol. The van der Waals surface area contributed by atoms with E-state index < -0.39 is 11.9 Å². The standard InChI is InChI=1S/C13H9BrN2O4/c14-8-1-2-10(13(19)20)11(4-8)16-12(18)7-3-9(17)6-15-5-7/h1-6,17H,(H,16,18)(H,19,20). The molecule has 0 aliphatic rings. The minimum atomic E-state index is -1.15. The second-order valence-electron chi connectivity index (χ2n) is 3.88. The Hall–Kier alpha value is -2.41. The largest absolute Gasteiger partial charge is 0.506 e. The molecule has 102 valence electrons. The molecule has 0 spiro atoms. The molecule has 0 fully saturated rings. The Labute approximate surface area is 122 Å². The Kier molecular flexibility index (Phi) is 3.99. The first kappa shape index (κ1) is 14.0. The van der Waals surface area contributed by atoms with Crippen LogP contribution in [0, 0.1) is 0 Å². The van der Waals surface area contributed by atoms with Gasteiger partial charge in [0.1, 0.15) is 5.75 Å². The highest BCUT2D eigenvalue weighted by atomic mass is 79.9. The topological polar surface area (TPSA) is 99.5 Å². The van der Waals surface area contributed by atoms with Crippen molar-refractivity contribution >= 4 is 33.5 Å². The van der Waals surface area contributed by atoms with Crippen LogP contribution in [0.5, 0.6) is 5.75 Å². The number of carbonyl (C=O) groups excluding carboxylic acids is 1. The fourth-order valence-electron chi connectivity index (χ4n) is 1.55. The van der Waals surface area contributed by atoms with Crippen LogP contribution < -0.4 is 5.32 Å². The smallest absolute Gasteiger partial charge is 0.337 e. The second-order valence-corrected chi connectivity index (χ2v) is 4.80. The molecule has 2 rings (SSSR count). The number of hydrogen-bond donors (Lipinski definition) is 3. The van der Waals surface area contributed by atoms with E-state index in [-0.39, 0.29) is 22.6 Å². The lowest BCUT2D eigenvalue weighted by molar-refractivity contribution is 0.0698. The Balaban J connectivity index is 2.32. The molecule has 20 heavy (non-hydrogen) atoms. The number of nitrogens with one attached hydrogen (secondary N) is 1. The van der Waals surface area contributed by atoms with Gasteiger partial charge in [0.15, 0.2) is 0 Å². The van der Waals surface area contributed by atoms with E-state index in [1.165, 1.54) is 30.6 Å². The quantitative estimate of drug-likeness (QED) is 0.799. The highest BCUT2D eigenvalue weighted by molar-refractivity contribution is 9.10. The van der Waals surface area contributed by atoms with Crippen LogP contribution >= 0.6 is 15.9 Å². The number of carboxylic acids is 1. The molecule has 0 atom stereocenters. The van der Waals surface area contributed by atoms with Crippen LogP contribution in [0.3, 0.4) is 0 Å². The van der Waals surface area contributed by atoms with E-state index in [1.807, 2.05) is 0 Å². The van der Waals surface area contributed by atoms with Gasteiger partial charge in [0, 0.05) is 10.7 Å². The lowest BCUT2D eigenvalue weighted by Crippen LogP contribution is -2.15. The number of hydrogen-bond acceptors (Lipinski definition) is 4. The van der Waals surface area contributed by atoms with E-state index in [0.717, 1.165) is 0 Å². The molecule has 1 aromatic heterocycles. The number of pyridine rings is 1. The first-order valence-corrected chi connectivity index (χ1v) is 6.25. The summed E-state index contributed by atoms with van der Waals surface area (Å²) in [6.45, 7) is 0. The third-order valence-corrected chi connectivity index (χ3v) is 2.94. The molecule has 7 heteroatoms. The van der Waals surface area contributed by atoms with Crippen LogP contribution in [0.25, 0.3) is 0 Å². The molecule has 1 heterocycles. The van der Waals surface area contributed by atoms with Crippen LogP contribution in [0.2, 0.25) is 0 Å². The van der Waals surface area contributed by atoms with Gasteiger partial charge >= 0.3 is 5.97 Å². The third-order valence-electron chi connectivity index (χ3n) is 2.45. The number of rotatable bonds is 3. The summed E-state index contributed by atoms with van der Waals surface area (Å²) in [4.78, 5) is 26.8. The van der Waals surface area contributed by atoms with Crippen LogP contribution in [0.4, 0.5) is 5.69 Å². The van der Waals surface area contributed by atoms with Gasteiger partial charge in [0.25, 0.3) is 5.91 Å². The number of amides is 1. The fraction of sp³-hybridized carbons (Fsp3) is 0. The van der Waals surface area contributed by atoms with Crippen LogP contribution in [0.1, 0.15) is 20.7 Å². The van der Waals surface area contributed by atoms with Crippen molar-refractivity contribution in [2.24, 2.45) is 0 Å². The molecule has 1 amide bonds. The minimum absolute atomic E-state index is 0.0327. The number of nitrogens with zero attached hydrogens (tertiary/aromatic N) is 1. The predicted octanol–water partition coefficient (Wildman–Crippen LogP) is 2.50. The summed E-state index contributed by atoms with van der Waals surface area (Å²) in [6.07, 6.45) is 2.46. The first-order valence-electron chi connectivity index (χ1n) is 5.45. The molecule has 0 unspecified atom stereocenters. The number of aromatic carboxylic acids is 1. The second kappa shape index (κ2) is 5.70. The summed E-state index contributed by atoms with van der Waals surface area (Å²) in [5.41, 5.74) is 0.246. The van der Waals surface area contributed by atoms with Gasteiger partial charge in [-0.25, -0.2) is 4.79 Å². The van der Waals surface area contributed by atoms with Crippen LogP contribution in [0.15, 0.2) is 41.1 Å². The van der Waals surface area contributed by atoms with Gasteiger partial charge in [0.2, 0.25) is 0 Å². The van der Waals surface area contributed by atoms with Gasteiger partial charge in [-0.15, -0.1) is 0 Å². The Morgan fingerprint density at radius 3 is 2.60 bits per heavy atom. The van der Waals surface area contributed by atoms with Gasteiger partial charge in [-0.1, -0.05) is 15.9 Å². The molecule has 0 aliphatic heterocycles. The summed E-state index contributed by atoms with van der Waals surface area (Å²) < 4.78 is 0.631. The number of aromatic nitrogens is 1. The zero-order chi connectivity index (χ0) is 14.7. The Morgan fingerprint density at radius 2 is 1.95 bits per heavy atom. The molecule has 0 radical (unpaired) electrons. The summed E-state index contributed by atoms with van der Waals surface area (Å²) in [5.74, 6) is -1.86. The van der Waals surface area contributed by atoms with Crippen molar-refractivity contribution in [2.45, 2.75) is 0 Å². The zero-order valence-electron chi connectivity index (χ0n) is 10.0. The van der Waals surface area contributed by atoms with E-state index >= 15 is 0 Å². The van der Waals surface area contributed by atoms with Crippen molar-refractivity contribution in [3.8, 4) is 5.75 Å². The first-order chi connectivity index (χ1) is 9.47. The van der Waals surface area contributed by atoms with Crippen molar-refractivity contribution in [1.82, 2.24) is 4.98 Å². The van der Waals surface area contributed by atoms with Gasteiger partial charge in [-0.2, -0.15) is 0 Å². The minimum Gasteiger partial charge on any atom is -0.506 e. The van der Waals surface area contributed by atoms with E-state index in [9.17, 15) is 14.7 Å². The molecule has 6 nitrogen and oxygen atoms in total. The molecule has 0 saturated carbocycles. The fourth-order valence-corrected chi connectivity index (χ4v) is 1.91. The van der Waals surface area contributed by atoms with Gasteiger partial charge in [0.05, 0.1) is 23.0 Å². The van der Waals surface area contributed by atoms with Gasteiger partial charge < -0.3 is 15.5 Å². The normalized spacial score (nSPS) is 10.1. The maximum Gasteiger partial charge on any atom is 0.337 e. The maximum atomic E-state index is 12.0. The number of halogens is 1. The monoisotopic (exact) mass is 336 g/mol. The molecule has 0 saturated heterocycles. The van der Waals surface area contributed by atoms with E-state index in [2.05, 4.69) is 26.2 Å². The highest BCUT2D eigenvalue weighted by Crippen LogP contribution is 2.22. The zero-order valence-corrected chi connectivity index (χ0v) is 11.6. The summed E-state index contributed by atoms with van der Waals surface area (Å²) in [6, 6.07) is 5.66. The summed E-state index contributed by atoms with van der Waals surface area (Å²) in [7, 11) is 0. The SMILES string of the molecule is O=C(Nc1cc(Br)ccc1C(=O)O)c1cncc(O)c1. The summed E-state index contributed by atoms with van der Waals surface area (Å²) in [5, 5.41) is 20.8. The number of carboxylic acid groups (broad SMARTS) is 1. The van der Waals surface area contributed by atoms with Gasteiger partial charge in [-0.3, -0.25) is 9.78 Å². The van der Waals surface area contributed by atoms with Crippen molar-refractivity contribution in [2.75, 3.05) is 5.32 Å². The highest BCUT2D eigenvalue weighted by Gasteiger charge is 2.14. The van der Waals surface area contributed by atoms with E-state index in [1.54, 1.807) is 6.07 Å². The molecule has 0 aliphatic carbocycles. The third kappa shape index (κ3) is 3.12.